The van der Waals surface area contributed by atoms with Gasteiger partial charge in [-0.05, 0) is 13.8 Å². The highest BCUT2D eigenvalue weighted by atomic mass is 19.4. The Kier molecular flexibility index (Phi) is 18.0. The molecular weight excluding hydrogens is 517 g/mol. The average molecular weight is 548 g/mol. The summed E-state index contributed by atoms with van der Waals surface area (Å²) < 4.78 is 46.8. The highest BCUT2D eigenvalue weighted by Crippen LogP contribution is 2.13. The minimum atomic E-state index is -5.08. The molecule has 0 rings (SSSR count). The van der Waals surface area contributed by atoms with Gasteiger partial charge in [-0.15, -0.1) is 0 Å². The molecule has 0 radical (unpaired) electrons. The number of carboxylic acids is 2. The van der Waals surface area contributed by atoms with Crippen molar-refractivity contribution >= 4 is 35.6 Å². The fourth-order valence-corrected chi connectivity index (χ4v) is 1.98. The molecule has 0 aromatic carbocycles. The largest absolute Gasteiger partial charge is 0.490 e. The summed E-state index contributed by atoms with van der Waals surface area (Å²) in [6, 6.07) is -3.61. The van der Waals surface area contributed by atoms with Crippen LogP contribution in [0.1, 0.15) is 20.3 Å². The van der Waals surface area contributed by atoms with Gasteiger partial charge < -0.3 is 46.1 Å². The van der Waals surface area contributed by atoms with Crippen molar-refractivity contribution < 1.29 is 66.4 Å². The van der Waals surface area contributed by atoms with E-state index in [4.69, 9.17) is 35.0 Å². The maximum Gasteiger partial charge on any atom is 0.490 e. The van der Waals surface area contributed by atoms with E-state index in [2.05, 4.69) is 16.0 Å². The number of hydrogen-bond donors (Lipinski definition) is 6. The van der Waals surface area contributed by atoms with Crippen LogP contribution in [0, 0.1) is 0 Å². The third-order valence-electron chi connectivity index (χ3n) is 3.82. The Morgan fingerprint density at radius 3 is 1.76 bits per heavy atom. The van der Waals surface area contributed by atoms with E-state index in [-0.39, 0.29) is 19.8 Å². The first-order valence-electron chi connectivity index (χ1n) is 10.4. The van der Waals surface area contributed by atoms with Crippen LogP contribution in [0.3, 0.4) is 0 Å². The second kappa shape index (κ2) is 18.7. The van der Waals surface area contributed by atoms with Gasteiger partial charge in [0.15, 0.2) is 0 Å². The summed E-state index contributed by atoms with van der Waals surface area (Å²) in [7, 11) is 1.55. The molecule has 3 unspecified atom stereocenters. The molecule has 0 aliphatic carbocycles. The lowest BCUT2D eigenvalue weighted by molar-refractivity contribution is -0.192. The van der Waals surface area contributed by atoms with Gasteiger partial charge in [-0.1, -0.05) is 0 Å². The van der Waals surface area contributed by atoms with Gasteiger partial charge in [0.25, 0.3) is 0 Å². The number of aliphatic carboxylic acids is 2. The fourth-order valence-electron chi connectivity index (χ4n) is 1.98. The number of carbonyl (C=O) groups is 6. The summed E-state index contributed by atoms with van der Waals surface area (Å²) in [6.07, 6.45) is -5.67. The Balaban J connectivity index is 0. The van der Waals surface area contributed by atoms with Gasteiger partial charge >= 0.3 is 18.1 Å². The van der Waals surface area contributed by atoms with E-state index in [1.807, 2.05) is 0 Å². The molecule has 0 aromatic rings. The van der Waals surface area contributed by atoms with Gasteiger partial charge in [-0.25, -0.2) is 9.59 Å². The Morgan fingerprint density at radius 1 is 0.838 bits per heavy atom. The van der Waals surface area contributed by atoms with E-state index in [0.717, 1.165) is 0 Å². The number of nitrogens with two attached hydrogens (primary N) is 1. The van der Waals surface area contributed by atoms with Gasteiger partial charge in [-0.2, -0.15) is 13.2 Å². The maximum atomic E-state index is 12.1. The number of carboxylic acid groups (broad SMARTS) is 2. The van der Waals surface area contributed by atoms with Crippen molar-refractivity contribution in [1.29, 1.82) is 0 Å². The van der Waals surface area contributed by atoms with Crippen LogP contribution in [0.25, 0.3) is 0 Å². The number of primary amides is 1. The summed E-state index contributed by atoms with van der Waals surface area (Å²) in [5.74, 6) is -7.14. The predicted molar refractivity (Wildman–Crippen MR) is 116 cm³/mol. The first-order valence-corrected chi connectivity index (χ1v) is 10.4. The molecule has 0 aliphatic heterocycles. The lowest BCUT2D eigenvalue weighted by Gasteiger charge is -2.20. The molecular formula is C19H31F3N4O11. The quantitative estimate of drug-likeness (QED) is 0.113. The van der Waals surface area contributed by atoms with E-state index in [9.17, 15) is 37.1 Å². The number of amides is 4. The molecule has 7 N–H and O–H groups in total. The second-order valence-corrected chi connectivity index (χ2v) is 7.05. The monoisotopic (exact) mass is 548 g/mol. The van der Waals surface area contributed by atoms with Crippen LogP contribution in [0.2, 0.25) is 0 Å². The van der Waals surface area contributed by atoms with Gasteiger partial charge in [0, 0.05) is 7.11 Å². The van der Waals surface area contributed by atoms with Crippen LogP contribution < -0.4 is 21.7 Å². The van der Waals surface area contributed by atoms with E-state index in [1.165, 1.54) is 13.8 Å². The Labute approximate surface area is 209 Å². The molecule has 4 amide bonds. The lowest BCUT2D eigenvalue weighted by Crippen LogP contribution is -2.54. The number of rotatable bonds is 16. The van der Waals surface area contributed by atoms with Crippen molar-refractivity contribution in [3.05, 3.63) is 0 Å². The second-order valence-electron chi connectivity index (χ2n) is 7.05. The molecule has 18 heteroatoms. The van der Waals surface area contributed by atoms with Gasteiger partial charge in [0.05, 0.1) is 32.8 Å². The van der Waals surface area contributed by atoms with Crippen LogP contribution >= 0.6 is 0 Å². The van der Waals surface area contributed by atoms with Gasteiger partial charge in [0.2, 0.25) is 23.6 Å². The molecule has 0 heterocycles. The molecule has 0 fully saturated rings. The molecule has 0 saturated heterocycles. The SMILES string of the molecule is COCCOCCOCC(=O)NC(C)C(=O)NC(C)C(=O)NC(CC(N)=O)C(=O)O.O=C(O)C(F)(F)F. The third kappa shape index (κ3) is 19.4. The first kappa shape index (κ1) is 35.7. The number of carbonyl (C=O) groups excluding carboxylic acids is 4. The molecule has 214 valence electrons. The minimum absolute atomic E-state index is 0.185. The summed E-state index contributed by atoms with van der Waals surface area (Å²) >= 11 is 0. The number of methoxy groups -OCH3 is 1. The molecule has 0 saturated carbocycles. The predicted octanol–water partition coefficient (Wildman–Crippen LogP) is -2.25. The van der Waals surface area contributed by atoms with E-state index in [1.54, 1.807) is 7.11 Å². The molecule has 37 heavy (non-hydrogen) atoms. The zero-order valence-corrected chi connectivity index (χ0v) is 20.3. The highest BCUT2D eigenvalue weighted by Gasteiger charge is 2.38. The molecule has 3 atom stereocenters. The highest BCUT2D eigenvalue weighted by molar-refractivity contribution is 5.94. The van der Waals surface area contributed by atoms with Crippen molar-refractivity contribution in [2.24, 2.45) is 5.73 Å². The van der Waals surface area contributed by atoms with Gasteiger partial charge in [0.1, 0.15) is 24.7 Å². The molecule has 0 aromatic heterocycles. The van der Waals surface area contributed by atoms with E-state index in [0.29, 0.717) is 13.2 Å². The van der Waals surface area contributed by atoms with E-state index >= 15 is 0 Å². The minimum Gasteiger partial charge on any atom is -0.480 e. The first-order chi connectivity index (χ1) is 17.0. The van der Waals surface area contributed by atoms with E-state index < -0.39 is 66.3 Å². The number of ether oxygens (including phenoxy) is 3. The normalized spacial score (nSPS) is 13.1. The molecule has 0 bridgehead atoms. The Morgan fingerprint density at radius 2 is 1.30 bits per heavy atom. The van der Waals surface area contributed by atoms with Crippen molar-refractivity contribution in [3.8, 4) is 0 Å². The maximum absolute atomic E-state index is 12.1. The zero-order valence-electron chi connectivity index (χ0n) is 20.3. The van der Waals surface area contributed by atoms with Crippen LogP contribution in [0.4, 0.5) is 13.2 Å². The van der Waals surface area contributed by atoms with Gasteiger partial charge in [-0.3, -0.25) is 19.2 Å². The molecule has 15 nitrogen and oxygen atoms in total. The number of halogens is 3. The van der Waals surface area contributed by atoms with Crippen molar-refractivity contribution in [2.75, 3.05) is 40.1 Å². The number of alkyl halides is 3. The summed E-state index contributed by atoms with van der Waals surface area (Å²) in [6.45, 7) is 3.76. The van der Waals surface area contributed by atoms with Crippen LogP contribution in [-0.4, -0.2) is 110 Å². The Bertz CT molecular complexity index is 781. The topological polar surface area (TPSA) is 233 Å². The van der Waals surface area contributed by atoms with Crippen molar-refractivity contribution in [2.45, 2.75) is 44.6 Å². The van der Waals surface area contributed by atoms with Crippen LogP contribution in [0.5, 0.6) is 0 Å². The van der Waals surface area contributed by atoms with Crippen molar-refractivity contribution in [1.82, 2.24) is 16.0 Å². The lowest BCUT2D eigenvalue weighted by atomic mass is 10.1. The van der Waals surface area contributed by atoms with Crippen molar-refractivity contribution in [3.63, 3.8) is 0 Å². The smallest absolute Gasteiger partial charge is 0.480 e. The molecule has 0 spiro atoms. The summed E-state index contributed by atoms with van der Waals surface area (Å²) in [5, 5.41) is 22.9. The fraction of sp³-hybridized carbons (Fsp3) is 0.684. The number of nitrogens with one attached hydrogen (secondary N) is 3. The Hall–Kier alpha value is -3.51. The average Bonchev–Trinajstić information content (AvgIpc) is 2.77. The summed E-state index contributed by atoms with van der Waals surface area (Å²) in [5.41, 5.74) is 4.93. The molecule has 0 aliphatic rings. The number of hydrogen-bond acceptors (Lipinski definition) is 9. The van der Waals surface area contributed by atoms with Crippen LogP contribution in [0.15, 0.2) is 0 Å². The third-order valence-corrected chi connectivity index (χ3v) is 3.82. The summed E-state index contributed by atoms with van der Waals surface area (Å²) in [4.78, 5) is 66.7. The van der Waals surface area contributed by atoms with Crippen LogP contribution in [-0.2, 0) is 43.0 Å². The standard InChI is InChI=1S/C17H30N4O9.C2HF3O2/c1-10(19-14(23)9-30-7-6-29-5-4-28-3)15(24)20-11(2)16(25)21-12(17(26)27)8-13(18)22;3-2(4,5)1(6)7/h10-12H,4-9H2,1-3H3,(H2,18,22)(H,19,23)(H,20,24)(H,21,25)(H,26,27);(H,6,7). The zero-order chi connectivity index (χ0) is 29.2.